The van der Waals surface area contributed by atoms with Crippen LogP contribution in [0.3, 0.4) is 0 Å². The zero-order valence-electron chi connectivity index (χ0n) is 18.1. The standard InChI is InChI=1S/C24H33FO4/c1-14-11-17-18(22(3)8-5-16(27)12-20(14)22)6-9-23(4)19(17)7-10-24(23,21(28)13-25)29-15(2)26/h12,14,17-19H,5-11,13H2,1-4H3/t14?,17-,18+,19+,22-,23+,24+/m1/s1. The molecule has 3 saturated carbocycles. The number of rotatable bonds is 3. The van der Waals surface area contributed by atoms with Gasteiger partial charge in [0.25, 0.3) is 0 Å². The zero-order valence-corrected chi connectivity index (χ0v) is 18.1. The fourth-order valence-electron chi connectivity index (χ4n) is 8.02. The number of Topliss-reactive ketones (excluding diaryl/α,β-unsaturated/α-hetero) is 1. The van der Waals surface area contributed by atoms with Crippen molar-refractivity contribution in [1.29, 1.82) is 0 Å². The molecule has 4 aliphatic rings. The Morgan fingerprint density at radius 3 is 2.52 bits per heavy atom. The predicted molar refractivity (Wildman–Crippen MR) is 107 cm³/mol. The molecule has 4 nitrogen and oxygen atoms in total. The highest BCUT2D eigenvalue weighted by molar-refractivity contribution is 5.92. The third-order valence-corrected chi connectivity index (χ3v) is 9.29. The van der Waals surface area contributed by atoms with E-state index >= 15 is 0 Å². The highest BCUT2D eigenvalue weighted by Crippen LogP contribution is 2.69. The van der Waals surface area contributed by atoms with Gasteiger partial charge in [-0.2, -0.15) is 0 Å². The quantitative estimate of drug-likeness (QED) is 0.645. The maximum absolute atomic E-state index is 13.6. The predicted octanol–water partition coefficient (Wildman–Crippen LogP) is 4.60. The highest BCUT2D eigenvalue weighted by atomic mass is 19.1. The van der Waals surface area contributed by atoms with Crippen LogP contribution in [0.15, 0.2) is 11.6 Å². The fraction of sp³-hybridized carbons (Fsp3) is 0.792. The summed E-state index contributed by atoms with van der Waals surface area (Å²) >= 11 is 0. The number of allylic oxidation sites excluding steroid dienone is 1. The van der Waals surface area contributed by atoms with E-state index in [0.717, 1.165) is 32.1 Å². The molecule has 1 unspecified atom stereocenters. The lowest BCUT2D eigenvalue weighted by atomic mass is 9.44. The molecule has 0 amide bonds. The van der Waals surface area contributed by atoms with Crippen molar-refractivity contribution in [1.82, 2.24) is 0 Å². The van der Waals surface area contributed by atoms with Gasteiger partial charge in [0.05, 0.1) is 0 Å². The molecule has 4 rings (SSSR count). The molecule has 29 heavy (non-hydrogen) atoms. The summed E-state index contributed by atoms with van der Waals surface area (Å²) < 4.78 is 19.3. The van der Waals surface area contributed by atoms with E-state index in [9.17, 15) is 18.8 Å². The highest BCUT2D eigenvalue weighted by Gasteiger charge is 2.68. The SMILES string of the molecule is CC(=O)O[C@]1(C(=O)CF)CC[C@H]2[C@@H]3CC(C)C4=CC(=O)CC[C@]4(C)[C@H]3CC[C@@]21C. The van der Waals surface area contributed by atoms with Gasteiger partial charge in [-0.3, -0.25) is 14.4 Å². The Bertz CT molecular complexity index is 788. The number of alkyl halides is 1. The topological polar surface area (TPSA) is 60.4 Å². The first-order valence-corrected chi connectivity index (χ1v) is 11.1. The molecule has 0 aromatic heterocycles. The average molecular weight is 405 g/mol. The number of halogens is 1. The number of hydrogen-bond donors (Lipinski definition) is 0. The van der Waals surface area contributed by atoms with Crippen LogP contribution in [0.4, 0.5) is 4.39 Å². The van der Waals surface area contributed by atoms with Crippen molar-refractivity contribution in [2.45, 2.75) is 78.2 Å². The summed E-state index contributed by atoms with van der Waals surface area (Å²) in [4.78, 5) is 36.8. The Morgan fingerprint density at radius 1 is 1.17 bits per heavy atom. The Labute approximate surface area is 172 Å². The van der Waals surface area contributed by atoms with Crippen molar-refractivity contribution in [2.24, 2.45) is 34.5 Å². The van der Waals surface area contributed by atoms with Crippen LogP contribution >= 0.6 is 0 Å². The Kier molecular flexibility index (Phi) is 4.83. The van der Waals surface area contributed by atoms with E-state index in [0.29, 0.717) is 30.6 Å². The van der Waals surface area contributed by atoms with Gasteiger partial charge in [-0.15, -0.1) is 0 Å². The summed E-state index contributed by atoms with van der Waals surface area (Å²) in [5, 5.41) is 0. The number of fused-ring (bicyclic) bond motifs is 5. The van der Waals surface area contributed by atoms with Gasteiger partial charge in [-0.1, -0.05) is 26.3 Å². The molecule has 3 fully saturated rings. The van der Waals surface area contributed by atoms with E-state index in [1.807, 2.05) is 6.08 Å². The van der Waals surface area contributed by atoms with E-state index in [1.165, 1.54) is 12.5 Å². The lowest BCUT2D eigenvalue weighted by molar-refractivity contribution is -0.189. The summed E-state index contributed by atoms with van der Waals surface area (Å²) in [5.74, 6) is 0.592. The molecule has 5 heteroatoms. The van der Waals surface area contributed by atoms with Crippen molar-refractivity contribution in [3.05, 3.63) is 11.6 Å². The van der Waals surface area contributed by atoms with Crippen molar-refractivity contribution in [2.75, 3.05) is 6.67 Å². The van der Waals surface area contributed by atoms with Crippen molar-refractivity contribution in [3.8, 4) is 0 Å². The first-order valence-electron chi connectivity index (χ1n) is 11.1. The van der Waals surface area contributed by atoms with E-state index in [4.69, 9.17) is 4.74 Å². The molecule has 0 heterocycles. The van der Waals surface area contributed by atoms with Crippen LogP contribution in [-0.2, 0) is 19.1 Å². The summed E-state index contributed by atoms with van der Waals surface area (Å²) in [6.45, 7) is 6.82. The molecule has 7 atom stereocenters. The lowest BCUT2D eigenvalue weighted by Gasteiger charge is -2.60. The first kappa shape index (κ1) is 20.7. The normalized spacial score (nSPS) is 46.2. The molecule has 160 valence electrons. The second-order valence-electron chi connectivity index (χ2n) is 10.5. The van der Waals surface area contributed by atoms with Gasteiger partial charge in [0.2, 0.25) is 5.78 Å². The fourth-order valence-corrected chi connectivity index (χ4v) is 8.02. The van der Waals surface area contributed by atoms with Gasteiger partial charge in [0.15, 0.2) is 18.1 Å². The van der Waals surface area contributed by atoms with Crippen LogP contribution in [0.5, 0.6) is 0 Å². The molecule has 0 radical (unpaired) electrons. The summed E-state index contributed by atoms with van der Waals surface area (Å²) in [7, 11) is 0. The van der Waals surface area contributed by atoms with Gasteiger partial charge in [-0.05, 0) is 73.7 Å². The molecule has 0 aromatic rings. The van der Waals surface area contributed by atoms with Crippen LogP contribution in [0.1, 0.15) is 72.6 Å². The molecule has 0 aliphatic heterocycles. The third kappa shape index (κ3) is 2.71. The van der Waals surface area contributed by atoms with Crippen LogP contribution in [-0.4, -0.2) is 29.8 Å². The zero-order chi connectivity index (χ0) is 21.2. The molecular weight excluding hydrogens is 371 g/mol. The number of carbonyl (C=O) groups is 3. The van der Waals surface area contributed by atoms with E-state index < -0.39 is 29.4 Å². The van der Waals surface area contributed by atoms with Gasteiger partial charge in [0, 0.05) is 18.8 Å². The molecule has 0 aromatic carbocycles. The van der Waals surface area contributed by atoms with Crippen LogP contribution in [0.25, 0.3) is 0 Å². The molecular formula is C24H33FO4. The molecule has 4 aliphatic carbocycles. The second-order valence-corrected chi connectivity index (χ2v) is 10.5. The van der Waals surface area contributed by atoms with Gasteiger partial charge in [-0.25, -0.2) is 4.39 Å². The van der Waals surface area contributed by atoms with Crippen LogP contribution in [0.2, 0.25) is 0 Å². The van der Waals surface area contributed by atoms with E-state index in [-0.39, 0.29) is 17.1 Å². The molecule has 0 bridgehead atoms. The van der Waals surface area contributed by atoms with Crippen molar-refractivity contribution in [3.63, 3.8) is 0 Å². The maximum atomic E-state index is 13.6. The molecule has 0 saturated heterocycles. The van der Waals surface area contributed by atoms with E-state index in [2.05, 4.69) is 20.8 Å². The number of ketones is 2. The monoisotopic (exact) mass is 404 g/mol. The smallest absolute Gasteiger partial charge is 0.303 e. The average Bonchev–Trinajstić information content (AvgIpc) is 2.95. The number of esters is 1. The van der Waals surface area contributed by atoms with Crippen LogP contribution in [0, 0.1) is 34.5 Å². The number of carbonyl (C=O) groups excluding carboxylic acids is 3. The third-order valence-electron chi connectivity index (χ3n) is 9.29. The minimum absolute atomic E-state index is 0.0222. The Hall–Kier alpha value is -1.52. The van der Waals surface area contributed by atoms with Crippen LogP contribution < -0.4 is 0 Å². The Balaban J connectivity index is 1.74. The summed E-state index contributed by atoms with van der Waals surface area (Å²) in [6.07, 6.45) is 7.28. The number of hydrogen-bond acceptors (Lipinski definition) is 4. The van der Waals surface area contributed by atoms with Crippen molar-refractivity contribution >= 4 is 17.5 Å². The lowest BCUT2D eigenvalue weighted by Crippen LogP contribution is -2.60. The molecule has 0 spiro atoms. The van der Waals surface area contributed by atoms with Gasteiger partial charge < -0.3 is 4.74 Å². The minimum atomic E-state index is -1.33. The summed E-state index contributed by atoms with van der Waals surface area (Å²) in [6, 6.07) is 0. The van der Waals surface area contributed by atoms with Crippen molar-refractivity contribution < 1.29 is 23.5 Å². The number of ether oxygens (including phenoxy) is 1. The maximum Gasteiger partial charge on any atom is 0.303 e. The second kappa shape index (κ2) is 6.75. The van der Waals surface area contributed by atoms with Gasteiger partial charge >= 0.3 is 5.97 Å². The Morgan fingerprint density at radius 2 is 1.86 bits per heavy atom. The largest absolute Gasteiger partial charge is 0.451 e. The minimum Gasteiger partial charge on any atom is -0.451 e. The summed E-state index contributed by atoms with van der Waals surface area (Å²) in [5.41, 5.74) is -0.520. The van der Waals surface area contributed by atoms with E-state index in [1.54, 1.807) is 0 Å². The van der Waals surface area contributed by atoms with Gasteiger partial charge in [0.1, 0.15) is 0 Å². The first-order chi connectivity index (χ1) is 13.6. The molecule has 0 N–H and O–H groups in total.